The van der Waals surface area contributed by atoms with E-state index >= 15 is 0 Å². The highest BCUT2D eigenvalue weighted by molar-refractivity contribution is 8.00. The molecule has 0 aromatic heterocycles. The van der Waals surface area contributed by atoms with Crippen molar-refractivity contribution in [3.63, 3.8) is 0 Å². The van der Waals surface area contributed by atoms with Crippen molar-refractivity contribution in [2.24, 2.45) is 0 Å². The number of carbonyl (C=O) groups is 3. The van der Waals surface area contributed by atoms with Gasteiger partial charge in [-0.2, -0.15) is 0 Å². The Morgan fingerprint density at radius 2 is 1.57 bits per heavy atom. The molecule has 0 spiro atoms. The summed E-state index contributed by atoms with van der Waals surface area (Å²) in [6.45, 7) is 4.03. The van der Waals surface area contributed by atoms with Gasteiger partial charge in [-0.15, -0.1) is 11.8 Å². The average Bonchev–Trinajstić information content (AvgIpc) is 3.04. The van der Waals surface area contributed by atoms with Crippen LogP contribution in [0.3, 0.4) is 0 Å². The second-order valence-corrected chi connectivity index (χ2v) is 10.8. The summed E-state index contributed by atoms with van der Waals surface area (Å²) in [5.74, 6) is 0.164. The average molecular weight is 610 g/mol. The molecular weight excluding hydrogens is 574 g/mol. The third-order valence-corrected chi connectivity index (χ3v) is 7.71. The van der Waals surface area contributed by atoms with Gasteiger partial charge in [0.15, 0.2) is 11.5 Å². The smallest absolute Gasteiger partial charge is 0.272 e. The molecule has 0 atom stereocenters. The predicted octanol–water partition coefficient (Wildman–Crippen LogP) is 6.72. The maximum Gasteiger partial charge on any atom is 0.272 e. The molecule has 4 aromatic rings. The summed E-state index contributed by atoms with van der Waals surface area (Å²) in [6.07, 6.45) is 2.39. The van der Waals surface area contributed by atoms with E-state index in [9.17, 15) is 14.4 Å². The molecule has 0 saturated heterocycles. The third-order valence-electron chi connectivity index (χ3n) is 6.71. The minimum absolute atomic E-state index is 0.0356. The van der Waals surface area contributed by atoms with Gasteiger partial charge in [0.05, 0.1) is 20.0 Å². The third kappa shape index (κ3) is 8.52. The molecule has 44 heavy (non-hydrogen) atoms. The summed E-state index contributed by atoms with van der Waals surface area (Å²) < 4.78 is 10.7. The van der Waals surface area contributed by atoms with Crippen LogP contribution >= 0.6 is 11.8 Å². The monoisotopic (exact) mass is 609 g/mol. The summed E-state index contributed by atoms with van der Waals surface area (Å²) in [6, 6.07) is 27.0. The molecule has 0 fully saturated rings. The van der Waals surface area contributed by atoms with Crippen LogP contribution in [0.15, 0.2) is 102 Å². The maximum absolute atomic E-state index is 13.5. The topological polar surface area (TPSA) is 106 Å². The molecule has 0 aliphatic carbocycles. The summed E-state index contributed by atoms with van der Waals surface area (Å²) in [4.78, 5) is 40.1. The van der Waals surface area contributed by atoms with Crippen LogP contribution in [0.1, 0.15) is 34.0 Å². The van der Waals surface area contributed by atoms with Crippen molar-refractivity contribution in [3.8, 4) is 11.5 Å². The van der Waals surface area contributed by atoms with Crippen LogP contribution in [-0.4, -0.2) is 37.7 Å². The van der Waals surface area contributed by atoms with Crippen LogP contribution in [-0.2, 0) is 16.0 Å². The molecule has 0 saturated carbocycles. The van der Waals surface area contributed by atoms with Crippen molar-refractivity contribution >= 4 is 46.9 Å². The van der Waals surface area contributed by atoms with Crippen molar-refractivity contribution in [3.05, 3.63) is 119 Å². The molecule has 3 N–H and O–H groups in total. The molecule has 0 aliphatic rings. The number of carbonyl (C=O) groups excluding carboxylic acids is 3. The van der Waals surface area contributed by atoms with Crippen molar-refractivity contribution in [2.75, 3.05) is 30.6 Å². The van der Waals surface area contributed by atoms with E-state index in [1.54, 1.807) is 66.7 Å². The van der Waals surface area contributed by atoms with Gasteiger partial charge in [0.25, 0.3) is 11.8 Å². The summed E-state index contributed by atoms with van der Waals surface area (Å²) >= 11 is 1.36. The fourth-order valence-electron chi connectivity index (χ4n) is 4.44. The Labute approximate surface area is 261 Å². The summed E-state index contributed by atoms with van der Waals surface area (Å²) in [5.41, 5.74) is 4.54. The molecule has 8 nitrogen and oxygen atoms in total. The molecule has 3 amide bonds. The lowest BCUT2D eigenvalue weighted by molar-refractivity contribution is -0.114. The molecular formula is C35H35N3O5S. The fourth-order valence-corrected chi connectivity index (χ4v) is 5.20. The number of amides is 3. The van der Waals surface area contributed by atoms with Gasteiger partial charge in [-0.05, 0) is 78.6 Å². The molecule has 0 bridgehead atoms. The Kier molecular flexibility index (Phi) is 11.2. The van der Waals surface area contributed by atoms with Crippen molar-refractivity contribution in [2.45, 2.75) is 25.2 Å². The number of ether oxygens (including phenoxy) is 2. The zero-order valence-electron chi connectivity index (χ0n) is 25.1. The highest BCUT2D eigenvalue weighted by Gasteiger charge is 2.16. The quantitative estimate of drug-likeness (QED) is 0.122. The van der Waals surface area contributed by atoms with Gasteiger partial charge in [0, 0.05) is 21.8 Å². The van der Waals surface area contributed by atoms with Crippen LogP contribution in [0.25, 0.3) is 6.08 Å². The number of para-hydroxylation sites is 1. The number of nitrogens with one attached hydrogen (secondary N) is 3. The number of methoxy groups -OCH3 is 2. The Bertz CT molecular complexity index is 1670. The molecule has 0 unspecified atom stereocenters. The van der Waals surface area contributed by atoms with Gasteiger partial charge in [-0.1, -0.05) is 55.5 Å². The second-order valence-electron chi connectivity index (χ2n) is 9.77. The van der Waals surface area contributed by atoms with E-state index in [2.05, 4.69) is 22.9 Å². The molecule has 9 heteroatoms. The minimum Gasteiger partial charge on any atom is -0.493 e. The Balaban J connectivity index is 1.50. The Hall–Kier alpha value is -5.02. The van der Waals surface area contributed by atoms with Gasteiger partial charge in [0.2, 0.25) is 5.91 Å². The largest absolute Gasteiger partial charge is 0.493 e. The lowest BCUT2D eigenvalue weighted by atomic mass is 10.1. The maximum atomic E-state index is 13.5. The summed E-state index contributed by atoms with van der Waals surface area (Å²) in [7, 11) is 3.06. The van der Waals surface area contributed by atoms with Crippen LogP contribution in [0.4, 0.5) is 11.4 Å². The fraction of sp³-hybridized carbons (Fsp3) is 0.171. The molecule has 4 rings (SSSR count). The summed E-state index contributed by atoms with van der Waals surface area (Å²) in [5, 5.41) is 8.65. The highest BCUT2D eigenvalue weighted by Crippen LogP contribution is 2.29. The SMILES string of the molecule is CCc1cccc(C)c1NC(=O)CSc1cccc(NC(=O)/C(=C\c2ccc(OC)c(OC)c2)NC(=O)c2ccccc2)c1. The lowest BCUT2D eigenvalue weighted by Crippen LogP contribution is -2.30. The number of hydrogen-bond acceptors (Lipinski definition) is 6. The van der Waals surface area contributed by atoms with Crippen LogP contribution < -0.4 is 25.4 Å². The predicted molar refractivity (Wildman–Crippen MR) is 176 cm³/mol. The Morgan fingerprint density at radius 1 is 0.818 bits per heavy atom. The van der Waals surface area contributed by atoms with Crippen LogP contribution in [0, 0.1) is 6.92 Å². The molecule has 0 heterocycles. The molecule has 226 valence electrons. The molecule has 0 aliphatic heterocycles. The number of aryl methyl sites for hydroxylation is 2. The van der Waals surface area contributed by atoms with E-state index < -0.39 is 11.8 Å². The second kappa shape index (κ2) is 15.5. The standard InChI is InChI=1S/C35H35N3O5S/c1-5-25-14-9-11-23(2)33(25)38-32(39)22-44-28-16-10-15-27(21-28)36-35(41)29(37-34(40)26-12-7-6-8-13-26)19-24-17-18-30(42-3)31(20-24)43-4/h6-21H,5,22H2,1-4H3,(H,36,41)(H,37,40)(H,38,39)/b29-19+. The van der Waals surface area contributed by atoms with E-state index in [1.807, 2.05) is 37.3 Å². The first-order valence-corrected chi connectivity index (χ1v) is 15.0. The number of benzene rings is 4. The van der Waals surface area contributed by atoms with E-state index in [0.717, 1.165) is 28.1 Å². The van der Waals surface area contributed by atoms with Gasteiger partial charge in [-0.25, -0.2) is 0 Å². The number of hydrogen-bond donors (Lipinski definition) is 3. The number of thioether (sulfide) groups is 1. The molecule has 0 radical (unpaired) electrons. The first-order valence-electron chi connectivity index (χ1n) is 14.0. The van der Waals surface area contributed by atoms with E-state index in [1.165, 1.54) is 26.0 Å². The van der Waals surface area contributed by atoms with Gasteiger partial charge < -0.3 is 25.4 Å². The van der Waals surface area contributed by atoms with Crippen molar-refractivity contribution in [1.82, 2.24) is 5.32 Å². The van der Waals surface area contributed by atoms with Gasteiger partial charge >= 0.3 is 0 Å². The Morgan fingerprint density at radius 3 is 2.30 bits per heavy atom. The number of rotatable bonds is 12. The van der Waals surface area contributed by atoms with Gasteiger partial charge in [-0.3, -0.25) is 14.4 Å². The van der Waals surface area contributed by atoms with E-state index in [0.29, 0.717) is 28.3 Å². The van der Waals surface area contributed by atoms with E-state index in [4.69, 9.17) is 9.47 Å². The van der Waals surface area contributed by atoms with Gasteiger partial charge in [0.1, 0.15) is 5.70 Å². The zero-order chi connectivity index (χ0) is 31.5. The lowest BCUT2D eigenvalue weighted by Gasteiger charge is -2.14. The zero-order valence-corrected chi connectivity index (χ0v) is 25.9. The first kappa shape index (κ1) is 31.9. The van der Waals surface area contributed by atoms with E-state index in [-0.39, 0.29) is 17.4 Å². The van der Waals surface area contributed by atoms with Crippen molar-refractivity contribution in [1.29, 1.82) is 0 Å². The first-order chi connectivity index (χ1) is 21.3. The van der Waals surface area contributed by atoms with Crippen LogP contribution in [0.2, 0.25) is 0 Å². The molecule has 4 aromatic carbocycles. The minimum atomic E-state index is -0.518. The number of anilines is 2. The van der Waals surface area contributed by atoms with Crippen molar-refractivity contribution < 1.29 is 23.9 Å². The normalized spacial score (nSPS) is 11.0. The highest BCUT2D eigenvalue weighted by atomic mass is 32.2. The van der Waals surface area contributed by atoms with Crippen LogP contribution in [0.5, 0.6) is 11.5 Å².